The summed E-state index contributed by atoms with van der Waals surface area (Å²) in [5.41, 5.74) is 0.379. The van der Waals surface area contributed by atoms with Crippen LogP contribution in [-0.2, 0) is 0 Å². The van der Waals surface area contributed by atoms with Gasteiger partial charge in [0, 0.05) is 5.56 Å². The molecular weight excluding hydrogens is 291 g/mol. The van der Waals surface area contributed by atoms with Gasteiger partial charge in [0.1, 0.15) is 0 Å². The highest BCUT2D eigenvalue weighted by molar-refractivity contribution is 7.18. The van der Waals surface area contributed by atoms with Crippen molar-refractivity contribution >= 4 is 28.0 Å². The van der Waals surface area contributed by atoms with E-state index in [9.17, 15) is 22.8 Å². The van der Waals surface area contributed by atoms with Crippen molar-refractivity contribution in [3.8, 4) is 0 Å². The lowest BCUT2D eigenvalue weighted by atomic mass is 10.2. The summed E-state index contributed by atoms with van der Waals surface area (Å²) in [5.74, 6) is -2.36. The molecule has 0 bridgehead atoms. The lowest BCUT2D eigenvalue weighted by Crippen LogP contribution is -2.21. The third-order valence-corrected chi connectivity index (χ3v) is 3.36. The molecule has 0 atom stereocenters. The molecule has 1 aromatic heterocycles. The number of alkyl halides is 3. The fourth-order valence-corrected chi connectivity index (χ4v) is 2.30. The molecule has 0 aliphatic carbocycles. The Morgan fingerprint density at radius 2 is 1.65 bits per heavy atom. The fraction of sp³-hybridized carbons (Fsp3) is 0.0769. The van der Waals surface area contributed by atoms with E-state index in [1.165, 1.54) is 6.07 Å². The molecule has 0 aliphatic rings. The molecule has 2 aromatic rings. The number of halogens is 3. The summed E-state index contributed by atoms with van der Waals surface area (Å²) in [7, 11) is 0. The molecule has 0 unspecified atom stereocenters. The molecule has 1 aromatic carbocycles. The standard InChI is InChI=1S/C13H8F3NO2S/c14-13(15,16)11(18)9-6-7-10(20-9)17-12(19)8-4-2-1-3-5-8/h1-7H,(H,17,19). The van der Waals surface area contributed by atoms with Crippen LogP contribution in [0.15, 0.2) is 42.5 Å². The number of benzene rings is 1. The van der Waals surface area contributed by atoms with Crippen molar-refractivity contribution in [1.82, 2.24) is 0 Å². The van der Waals surface area contributed by atoms with E-state index in [1.54, 1.807) is 30.3 Å². The quantitative estimate of drug-likeness (QED) is 0.877. The lowest BCUT2D eigenvalue weighted by molar-refractivity contribution is -0.0882. The number of carbonyl (C=O) groups excluding carboxylic acids is 2. The molecule has 1 amide bonds. The van der Waals surface area contributed by atoms with E-state index in [1.807, 2.05) is 0 Å². The molecule has 0 spiro atoms. The Morgan fingerprint density at radius 3 is 2.25 bits per heavy atom. The first-order valence-corrected chi connectivity index (χ1v) is 6.27. The Bertz CT molecular complexity index is 635. The van der Waals surface area contributed by atoms with Crippen LogP contribution in [0.1, 0.15) is 20.0 Å². The number of rotatable bonds is 3. The molecule has 1 heterocycles. The molecule has 0 saturated heterocycles. The van der Waals surface area contributed by atoms with Gasteiger partial charge in [-0.25, -0.2) is 0 Å². The van der Waals surface area contributed by atoms with Crippen LogP contribution in [0.3, 0.4) is 0 Å². The second kappa shape index (κ2) is 5.46. The van der Waals surface area contributed by atoms with Gasteiger partial charge < -0.3 is 5.32 Å². The third-order valence-electron chi connectivity index (χ3n) is 2.36. The first kappa shape index (κ1) is 14.3. The van der Waals surface area contributed by atoms with E-state index >= 15 is 0 Å². The van der Waals surface area contributed by atoms with Crippen molar-refractivity contribution in [2.75, 3.05) is 5.32 Å². The van der Waals surface area contributed by atoms with Crippen LogP contribution in [0.5, 0.6) is 0 Å². The molecule has 7 heteroatoms. The normalized spacial score (nSPS) is 11.2. The Hall–Kier alpha value is -2.15. The zero-order valence-electron chi connectivity index (χ0n) is 9.90. The van der Waals surface area contributed by atoms with Gasteiger partial charge in [0.05, 0.1) is 9.88 Å². The molecule has 3 nitrogen and oxygen atoms in total. The van der Waals surface area contributed by atoms with Gasteiger partial charge in [0.2, 0.25) is 0 Å². The van der Waals surface area contributed by atoms with Crippen molar-refractivity contribution in [2.24, 2.45) is 0 Å². The van der Waals surface area contributed by atoms with Crippen molar-refractivity contribution in [3.63, 3.8) is 0 Å². The zero-order valence-corrected chi connectivity index (χ0v) is 10.7. The Morgan fingerprint density at radius 1 is 1.00 bits per heavy atom. The third kappa shape index (κ3) is 3.24. The largest absolute Gasteiger partial charge is 0.455 e. The van der Waals surface area contributed by atoms with E-state index in [2.05, 4.69) is 5.32 Å². The predicted octanol–water partition coefficient (Wildman–Crippen LogP) is 3.75. The van der Waals surface area contributed by atoms with Gasteiger partial charge in [0.15, 0.2) is 0 Å². The number of anilines is 1. The molecule has 104 valence electrons. The second-order valence-electron chi connectivity index (χ2n) is 3.81. The average Bonchev–Trinajstić information content (AvgIpc) is 2.86. The Labute approximate surface area is 116 Å². The topological polar surface area (TPSA) is 46.2 Å². The summed E-state index contributed by atoms with van der Waals surface area (Å²) in [6.07, 6.45) is -4.91. The van der Waals surface area contributed by atoms with Crippen LogP contribution in [0.4, 0.5) is 18.2 Å². The molecule has 20 heavy (non-hydrogen) atoms. The summed E-state index contributed by atoms with van der Waals surface area (Å²) in [6, 6.07) is 10.5. The van der Waals surface area contributed by atoms with E-state index < -0.39 is 22.7 Å². The molecule has 0 radical (unpaired) electrons. The van der Waals surface area contributed by atoms with E-state index in [0.29, 0.717) is 16.9 Å². The summed E-state index contributed by atoms with van der Waals surface area (Å²) < 4.78 is 36.7. The van der Waals surface area contributed by atoms with E-state index in [0.717, 1.165) is 6.07 Å². The first-order valence-electron chi connectivity index (χ1n) is 5.45. The number of thiophene rings is 1. The summed E-state index contributed by atoms with van der Waals surface area (Å²) >= 11 is 0.589. The van der Waals surface area contributed by atoms with Crippen LogP contribution < -0.4 is 5.32 Å². The number of amides is 1. The van der Waals surface area contributed by atoms with Crippen LogP contribution in [-0.4, -0.2) is 17.9 Å². The number of carbonyl (C=O) groups is 2. The minimum atomic E-state index is -4.91. The molecule has 0 fully saturated rings. The van der Waals surface area contributed by atoms with Crippen LogP contribution in [0.2, 0.25) is 0 Å². The van der Waals surface area contributed by atoms with Crippen molar-refractivity contribution in [3.05, 3.63) is 52.9 Å². The van der Waals surface area contributed by atoms with Gasteiger partial charge in [0.25, 0.3) is 11.7 Å². The smallest absolute Gasteiger partial charge is 0.314 e. The van der Waals surface area contributed by atoms with Crippen molar-refractivity contribution in [1.29, 1.82) is 0 Å². The van der Waals surface area contributed by atoms with Crippen LogP contribution in [0.25, 0.3) is 0 Å². The number of Topliss-reactive ketones (excluding diaryl/α,β-unsaturated/α-hetero) is 1. The van der Waals surface area contributed by atoms with Crippen molar-refractivity contribution < 1.29 is 22.8 Å². The summed E-state index contributed by atoms with van der Waals surface area (Å²) in [5, 5.41) is 2.63. The molecular formula is C13H8F3NO2S. The maximum absolute atomic E-state index is 12.2. The highest BCUT2D eigenvalue weighted by Gasteiger charge is 2.40. The first-order chi connectivity index (χ1) is 9.38. The number of ketones is 1. The molecule has 0 aliphatic heterocycles. The van der Waals surface area contributed by atoms with Gasteiger partial charge >= 0.3 is 6.18 Å². The number of hydrogen-bond acceptors (Lipinski definition) is 3. The second-order valence-corrected chi connectivity index (χ2v) is 4.89. The number of hydrogen-bond donors (Lipinski definition) is 1. The highest BCUT2D eigenvalue weighted by atomic mass is 32.1. The maximum atomic E-state index is 12.2. The average molecular weight is 299 g/mol. The Kier molecular flexibility index (Phi) is 3.89. The van der Waals surface area contributed by atoms with E-state index in [4.69, 9.17) is 0 Å². The van der Waals surface area contributed by atoms with Gasteiger partial charge in [-0.05, 0) is 24.3 Å². The van der Waals surface area contributed by atoms with Crippen LogP contribution in [0, 0.1) is 0 Å². The van der Waals surface area contributed by atoms with Gasteiger partial charge in [-0.3, -0.25) is 9.59 Å². The van der Waals surface area contributed by atoms with E-state index in [-0.39, 0.29) is 5.00 Å². The van der Waals surface area contributed by atoms with Gasteiger partial charge in [-0.15, -0.1) is 11.3 Å². The predicted molar refractivity (Wildman–Crippen MR) is 69.1 cm³/mol. The Balaban J connectivity index is 2.11. The van der Waals surface area contributed by atoms with Crippen LogP contribution >= 0.6 is 11.3 Å². The molecule has 2 rings (SSSR count). The minimum absolute atomic E-state index is 0.187. The summed E-state index contributed by atoms with van der Waals surface area (Å²) in [6.45, 7) is 0. The van der Waals surface area contributed by atoms with Gasteiger partial charge in [-0.1, -0.05) is 18.2 Å². The monoisotopic (exact) mass is 299 g/mol. The fourth-order valence-electron chi connectivity index (χ4n) is 1.44. The number of nitrogens with one attached hydrogen (secondary N) is 1. The minimum Gasteiger partial charge on any atom is -0.314 e. The van der Waals surface area contributed by atoms with Gasteiger partial charge in [-0.2, -0.15) is 13.2 Å². The maximum Gasteiger partial charge on any atom is 0.455 e. The van der Waals surface area contributed by atoms with Crippen molar-refractivity contribution in [2.45, 2.75) is 6.18 Å². The SMILES string of the molecule is O=C(Nc1ccc(C(=O)C(F)(F)F)s1)c1ccccc1. The zero-order chi connectivity index (χ0) is 14.8. The molecule has 0 saturated carbocycles. The lowest BCUT2D eigenvalue weighted by Gasteiger charge is -2.02. The highest BCUT2D eigenvalue weighted by Crippen LogP contribution is 2.29. The molecule has 1 N–H and O–H groups in total. The summed E-state index contributed by atoms with van der Waals surface area (Å²) in [4.78, 5) is 22.3.